The van der Waals surface area contributed by atoms with E-state index < -0.39 is 28.8 Å². The topological polar surface area (TPSA) is 79.0 Å². The van der Waals surface area contributed by atoms with E-state index in [0.29, 0.717) is 17.5 Å². The van der Waals surface area contributed by atoms with E-state index in [9.17, 15) is 18.4 Å². The molecule has 0 unspecified atom stereocenters. The fourth-order valence-electron chi connectivity index (χ4n) is 2.94. The second-order valence-corrected chi connectivity index (χ2v) is 9.25. The van der Waals surface area contributed by atoms with Crippen molar-refractivity contribution in [2.75, 3.05) is 0 Å². The van der Waals surface area contributed by atoms with Gasteiger partial charge in [-0.1, -0.05) is 17.8 Å². The van der Waals surface area contributed by atoms with Crippen LogP contribution < -0.4 is 5.56 Å². The summed E-state index contributed by atoms with van der Waals surface area (Å²) in [7, 11) is 1.78. The molecule has 3 rings (SSSR count). The molecule has 0 spiro atoms. The largest absolute Gasteiger partial charge is 0.459 e. The third-order valence-electron chi connectivity index (χ3n) is 4.25. The van der Waals surface area contributed by atoms with E-state index in [0.717, 1.165) is 29.5 Å². The molecule has 10 heteroatoms. The normalized spacial score (nSPS) is 11.6. The van der Waals surface area contributed by atoms with Crippen LogP contribution in [-0.4, -0.2) is 30.9 Å². The van der Waals surface area contributed by atoms with Gasteiger partial charge in [0.1, 0.15) is 12.1 Å². The molecule has 2 heterocycles. The van der Waals surface area contributed by atoms with E-state index in [1.165, 1.54) is 6.07 Å². The van der Waals surface area contributed by atoms with E-state index in [4.69, 9.17) is 4.74 Å². The third kappa shape index (κ3) is 6.49. The van der Waals surface area contributed by atoms with Crippen LogP contribution in [0.3, 0.4) is 0 Å². The summed E-state index contributed by atoms with van der Waals surface area (Å²) in [6, 6.07) is 3.59. The van der Waals surface area contributed by atoms with Crippen molar-refractivity contribution in [3.05, 3.63) is 75.5 Å². The highest BCUT2D eigenvalue weighted by molar-refractivity contribution is 7.98. The Morgan fingerprint density at radius 2 is 1.91 bits per heavy atom. The lowest BCUT2D eigenvalue weighted by molar-refractivity contribution is -0.155. The maximum Gasteiger partial charge on any atom is 0.326 e. The lowest BCUT2D eigenvalue weighted by atomic mass is 10.1. The molecule has 0 saturated carbocycles. The summed E-state index contributed by atoms with van der Waals surface area (Å²) in [6.07, 6.45) is 5.34. The van der Waals surface area contributed by atoms with Crippen LogP contribution in [-0.2, 0) is 35.3 Å². The molecule has 0 bridgehead atoms. The molecule has 1 aromatic carbocycles. The zero-order valence-corrected chi connectivity index (χ0v) is 19.1. The van der Waals surface area contributed by atoms with Gasteiger partial charge in [-0.3, -0.25) is 14.3 Å². The molecule has 3 aromatic rings. The van der Waals surface area contributed by atoms with Gasteiger partial charge >= 0.3 is 5.97 Å². The number of hydrogen-bond acceptors (Lipinski definition) is 6. The molecule has 7 nitrogen and oxygen atoms in total. The van der Waals surface area contributed by atoms with E-state index >= 15 is 0 Å². The van der Waals surface area contributed by atoms with E-state index in [-0.39, 0.29) is 17.5 Å². The summed E-state index contributed by atoms with van der Waals surface area (Å²) in [5.74, 6) is -2.13. The first-order valence-corrected chi connectivity index (χ1v) is 10.8. The van der Waals surface area contributed by atoms with Crippen LogP contribution in [0.5, 0.6) is 0 Å². The number of aromatic nitrogens is 4. The van der Waals surface area contributed by atoms with E-state index in [2.05, 4.69) is 10.1 Å². The number of benzene rings is 1. The first kappa shape index (κ1) is 23.6. The Morgan fingerprint density at radius 1 is 1.16 bits per heavy atom. The van der Waals surface area contributed by atoms with E-state index in [1.807, 2.05) is 0 Å². The van der Waals surface area contributed by atoms with Crippen molar-refractivity contribution in [1.29, 1.82) is 0 Å². The summed E-state index contributed by atoms with van der Waals surface area (Å²) >= 11 is 1.15. The molecule has 32 heavy (non-hydrogen) atoms. The Kier molecular flexibility index (Phi) is 7.12. The predicted octanol–water partition coefficient (Wildman–Crippen LogP) is 3.48. The van der Waals surface area contributed by atoms with Crippen molar-refractivity contribution in [2.24, 2.45) is 7.05 Å². The minimum absolute atomic E-state index is 0.148. The number of carbonyl (C=O) groups is 1. The molecular formula is C22H24F2N4O3S. The van der Waals surface area contributed by atoms with Gasteiger partial charge in [-0.15, -0.1) is 0 Å². The molecule has 0 saturated heterocycles. The Morgan fingerprint density at radius 3 is 2.53 bits per heavy atom. The van der Waals surface area contributed by atoms with Crippen LogP contribution >= 0.6 is 11.8 Å². The zero-order valence-electron chi connectivity index (χ0n) is 18.3. The summed E-state index contributed by atoms with van der Waals surface area (Å²) in [5.41, 5.74) is 0.658. The Balaban J connectivity index is 1.88. The molecule has 2 aromatic heterocycles. The van der Waals surface area contributed by atoms with Crippen LogP contribution in [0.15, 0.2) is 46.7 Å². The van der Waals surface area contributed by atoms with Gasteiger partial charge in [0.15, 0.2) is 16.8 Å². The van der Waals surface area contributed by atoms with E-state index in [1.54, 1.807) is 55.7 Å². The number of ether oxygens (including phenoxy) is 1. The van der Waals surface area contributed by atoms with Crippen LogP contribution in [0, 0.1) is 11.6 Å². The standard InChI is InChI=1S/C22H24F2N4O3S/c1-22(2,3)31-19(29)12-28-11-16(7-15-9-25-27(4)10-15)20(30)26-21(28)32-13-14-5-6-17(23)18(24)8-14/h5-6,8-11H,7,12-13H2,1-4H3. The Labute approximate surface area is 188 Å². The molecule has 0 aliphatic rings. The number of rotatable bonds is 7. The summed E-state index contributed by atoms with van der Waals surface area (Å²) in [6.45, 7) is 5.15. The molecular weight excluding hydrogens is 438 g/mol. The molecule has 0 atom stereocenters. The monoisotopic (exact) mass is 462 g/mol. The summed E-state index contributed by atoms with van der Waals surface area (Å²) < 4.78 is 35.3. The third-order valence-corrected chi connectivity index (χ3v) is 5.32. The molecule has 0 aliphatic carbocycles. The number of hydrogen-bond donors (Lipinski definition) is 0. The van der Waals surface area contributed by atoms with Crippen molar-refractivity contribution in [3.8, 4) is 0 Å². The number of aryl methyl sites for hydroxylation is 1. The van der Waals surface area contributed by atoms with Gasteiger partial charge in [0.2, 0.25) is 0 Å². The highest BCUT2D eigenvalue weighted by Crippen LogP contribution is 2.22. The fraction of sp³-hybridized carbons (Fsp3) is 0.364. The van der Waals surface area contributed by atoms with Crippen molar-refractivity contribution >= 4 is 17.7 Å². The highest BCUT2D eigenvalue weighted by atomic mass is 32.2. The van der Waals surface area contributed by atoms with Gasteiger partial charge < -0.3 is 9.30 Å². The predicted molar refractivity (Wildman–Crippen MR) is 116 cm³/mol. The van der Waals surface area contributed by atoms with Gasteiger partial charge in [0.05, 0.1) is 6.20 Å². The second kappa shape index (κ2) is 9.64. The number of esters is 1. The minimum atomic E-state index is -0.950. The van der Waals surface area contributed by atoms with Crippen LogP contribution in [0.1, 0.15) is 37.5 Å². The lowest BCUT2D eigenvalue weighted by Gasteiger charge is -2.21. The number of nitrogens with zero attached hydrogens (tertiary/aromatic N) is 4. The average molecular weight is 463 g/mol. The first-order valence-electron chi connectivity index (χ1n) is 9.86. The maximum atomic E-state index is 13.5. The van der Waals surface area contributed by atoms with Crippen LogP contribution in [0.2, 0.25) is 0 Å². The first-order chi connectivity index (χ1) is 15.0. The van der Waals surface area contributed by atoms with Crippen molar-refractivity contribution < 1.29 is 18.3 Å². The van der Waals surface area contributed by atoms with Crippen molar-refractivity contribution in [1.82, 2.24) is 19.3 Å². The fourth-order valence-corrected chi connectivity index (χ4v) is 3.85. The second-order valence-electron chi connectivity index (χ2n) is 8.30. The molecule has 0 radical (unpaired) electrons. The summed E-state index contributed by atoms with van der Waals surface area (Å²) in [4.78, 5) is 29.2. The molecule has 0 fully saturated rings. The maximum absolute atomic E-state index is 13.5. The van der Waals surface area contributed by atoms with Gasteiger partial charge in [0, 0.05) is 37.2 Å². The molecule has 170 valence electrons. The van der Waals surface area contributed by atoms with Gasteiger partial charge in [-0.05, 0) is 44.0 Å². The Bertz CT molecular complexity index is 1180. The van der Waals surface area contributed by atoms with Gasteiger partial charge in [-0.2, -0.15) is 10.1 Å². The molecule has 0 N–H and O–H groups in total. The highest BCUT2D eigenvalue weighted by Gasteiger charge is 2.19. The quantitative estimate of drug-likeness (QED) is 0.304. The summed E-state index contributed by atoms with van der Waals surface area (Å²) in [5, 5.41) is 4.38. The van der Waals surface area contributed by atoms with Gasteiger partial charge in [0.25, 0.3) is 5.56 Å². The number of carbonyl (C=O) groups excluding carboxylic acids is 1. The zero-order chi connectivity index (χ0) is 23.5. The van der Waals surface area contributed by atoms with Crippen LogP contribution in [0.25, 0.3) is 0 Å². The molecule has 0 amide bonds. The molecule has 0 aliphatic heterocycles. The smallest absolute Gasteiger partial charge is 0.326 e. The minimum Gasteiger partial charge on any atom is -0.459 e. The lowest BCUT2D eigenvalue weighted by Crippen LogP contribution is -2.28. The van der Waals surface area contributed by atoms with Gasteiger partial charge in [-0.25, -0.2) is 8.78 Å². The average Bonchev–Trinajstić information content (AvgIpc) is 3.09. The SMILES string of the molecule is Cn1cc(Cc2cn(CC(=O)OC(C)(C)C)c(SCc3ccc(F)c(F)c3)nc2=O)cn1. The van der Waals surface area contributed by atoms with Crippen LogP contribution in [0.4, 0.5) is 8.78 Å². The number of halogens is 2. The van der Waals surface area contributed by atoms with Crippen molar-refractivity contribution in [3.63, 3.8) is 0 Å². The van der Waals surface area contributed by atoms with Crippen molar-refractivity contribution in [2.45, 2.75) is 50.2 Å². The number of thioether (sulfide) groups is 1. The Hall–Kier alpha value is -3.01.